The fourth-order valence-corrected chi connectivity index (χ4v) is 2.19. The molecule has 4 nitrogen and oxygen atoms in total. The molecule has 0 saturated carbocycles. The second-order valence-corrected chi connectivity index (χ2v) is 4.55. The van der Waals surface area contributed by atoms with E-state index in [0.717, 1.165) is 18.2 Å². The van der Waals surface area contributed by atoms with Gasteiger partial charge in [0, 0.05) is 13.1 Å². The lowest BCUT2D eigenvalue weighted by Crippen LogP contribution is -2.42. The molecule has 0 unspecified atom stereocenters. The third-order valence-electron chi connectivity index (χ3n) is 3.22. The molecular formula is C13H13F2NO3. The largest absolute Gasteiger partial charge is 0.481 e. The lowest BCUT2D eigenvalue weighted by Gasteiger charge is -2.30. The fourth-order valence-electron chi connectivity index (χ4n) is 2.19. The molecule has 0 spiro atoms. The monoisotopic (exact) mass is 269 g/mol. The molecule has 0 bridgehead atoms. The van der Waals surface area contributed by atoms with Crippen LogP contribution in [0.4, 0.5) is 8.78 Å². The van der Waals surface area contributed by atoms with Crippen molar-refractivity contribution in [2.45, 2.75) is 12.8 Å². The van der Waals surface area contributed by atoms with Crippen LogP contribution in [0.15, 0.2) is 18.2 Å². The summed E-state index contributed by atoms with van der Waals surface area (Å²) >= 11 is 0. The summed E-state index contributed by atoms with van der Waals surface area (Å²) in [7, 11) is 0. The van der Waals surface area contributed by atoms with Crippen LogP contribution in [0.2, 0.25) is 0 Å². The van der Waals surface area contributed by atoms with Crippen LogP contribution in [0.3, 0.4) is 0 Å². The van der Waals surface area contributed by atoms with E-state index in [1.165, 1.54) is 4.90 Å². The molecular weight excluding hydrogens is 256 g/mol. The van der Waals surface area contributed by atoms with Gasteiger partial charge in [0.15, 0.2) is 0 Å². The van der Waals surface area contributed by atoms with Gasteiger partial charge in [0.05, 0.1) is 11.5 Å². The van der Waals surface area contributed by atoms with Gasteiger partial charge in [-0.2, -0.15) is 0 Å². The van der Waals surface area contributed by atoms with Gasteiger partial charge in [-0.25, -0.2) is 8.78 Å². The lowest BCUT2D eigenvalue weighted by atomic mass is 9.97. The third-order valence-corrected chi connectivity index (χ3v) is 3.22. The summed E-state index contributed by atoms with van der Waals surface area (Å²) in [6, 6.07) is 2.66. The zero-order chi connectivity index (χ0) is 14.0. The van der Waals surface area contributed by atoms with Crippen LogP contribution < -0.4 is 0 Å². The first kappa shape index (κ1) is 13.5. The van der Waals surface area contributed by atoms with Crippen LogP contribution in [0, 0.1) is 17.6 Å². The molecule has 2 rings (SSSR count). The molecule has 1 aliphatic heterocycles. The molecule has 6 heteroatoms. The van der Waals surface area contributed by atoms with E-state index in [2.05, 4.69) is 0 Å². The van der Waals surface area contributed by atoms with Gasteiger partial charge in [-0.15, -0.1) is 0 Å². The standard InChI is InChI=1S/C13H13F2NO3/c14-9-3-4-11(15)10(6-9)12(17)16-5-1-2-8(7-16)13(18)19/h3-4,6,8H,1-2,5,7H2,(H,18,19)/t8-/m1/s1. The summed E-state index contributed by atoms with van der Waals surface area (Å²) in [6.45, 7) is 0.392. The molecule has 1 fully saturated rings. The summed E-state index contributed by atoms with van der Waals surface area (Å²) in [4.78, 5) is 24.2. The molecule has 0 aromatic heterocycles. The van der Waals surface area contributed by atoms with E-state index in [9.17, 15) is 18.4 Å². The normalized spacial score (nSPS) is 19.3. The summed E-state index contributed by atoms with van der Waals surface area (Å²) in [5.41, 5.74) is -0.356. The highest BCUT2D eigenvalue weighted by atomic mass is 19.1. The summed E-state index contributed by atoms with van der Waals surface area (Å²) in [5.74, 6) is -3.78. The number of carbonyl (C=O) groups excluding carboxylic acids is 1. The number of rotatable bonds is 2. The Bertz CT molecular complexity index is 519. The number of carboxylic acid groups (broad SMARTS) is 1. The number of likely N-dealkylation sites (tertiary alicyclic amines) is 1. The third kappa shape index (κ3) is 2.89. The van der Waals surface area contributed by atoms with Gasteiger partial charge in [0.1, 0.15) is 11.6 Å². The van der Waals surface area contributed by atoms with Crippen molar-refractivity contribution in [1.29, 1.82) is 0 Å². The highest BCUT2D eigenvalue weighted by Crippen LogP contribution is 2.20. The molecule has 1 saturated heterocycles. The maximum atomic E-state index is 13.5. The minimum absolute atomic E-state index is 0.0319. The Balaban J connectivity index is 2.19. The predicted molar refractivity (Wildman–Crippen MR) is 62.6 cm³/mol. The van der Waals surface area contributed by atoms with E-state index in [4.69, 9.17) is 5.11 Å². The van der Waals surface area contributed by atoms with Crippen LogP contribution in [0.5, 0.6) is 0 Å². The van der Waals surface area contributed by atoms with Crippen LogP contribution in [-0.2, 0) is 4.79 Å². The summed E-state index contributed by atoms with van der Waals surface area (Å²) < 4.78 is 26.5. The first-order valence-corrected chi connectivity index (χ1v) is 5.96. The van der Waals surface area contributed by atoms with Crippen molar-refractivity contribution in [3.63, 3.8) is 0 Å². The van der Waals surface area contributed by atoms with Gasteiger partial charge in [0.2, 0.25) is 0 Å². The maximum absolute atomic E-state index is 13.5. The van der Waals surface area contributed by atoms with Gasteiger partial charge < -0.3 is 10.0 Å². The molecule has 1 aromatic carbocycles. The zero-order valence-electron chi connectivity index (χ0n) is 10.1. The predicted octanol–water partition coefficient (Wildman–Crippen LogP) is 1.90. The van der Waals surface area contributed by atoms with Crippen LogP contribution in [0.25, 0.3) is 0 Å². The number of nitrogens with zero attached hydrogens (tertiary/aromatic N) is 1. The second-order valence-electron chi connectivity index (χ2n) is 4.55. The Kier molecular flexibility index (Phi) is 3.78. The first-order chi connectivity index (χ1) is 8.99. The first-order valence-electron chi connectivity index (χ1n) is 5.96. The lowest BCUT2D eigenvalue weighted by molar-refractivity contribution is -0.143. The Hall–Kier alpha value is -1.98. The minimum Gasteiger partial charge on any atom is -0.481 e. The van der Waals surface area contributed by atoms with Gasteiger partial charge >= 0.3 is 5.97 Å². The van der Waals surface area contributed by atoms with Crippen molar-refractivity contribution in [2.24, 2.45) is 5.92 Å². The van der Waals surface area contributed by atoms with Crippen molar-refractivity contribution in [3.05, 3.63) is 35.4 Å². The van der Waals surface area contributed by atoms with E-state index >= 15 is 0 Å². The van der Waals surface area contributed by atoms with E-state index in [1.54, 1.807) is 0 Å². The minimum atomic E-state index is -0.975. The number of carbonyl (C=O) groups is 2. The molecule has 0 radical (unpaired) electrons. The fraction of sp³-hybridized carbons (Fsp3) is 0.385. The van der Waals surface area contributed by atoms with Crippen molar-refractivity contribution in [1.82, 2.24) is 4.90 Å². The van der Waals surface area contributed by atoms with E-state index in [1.807, 2.05) is 0 Å². The van der Waals surface area contributed by atoms with E-state index in [-0.39, 0.29) is 12.1 Å². The zero-order valence-corrected chi connectivity index (χ0v) is 10.1. The number of aliphatic carboxylic acids is 1. The van der Waals surface area contributed by atoms with E-state index < -0.39 is 29.4 Å². The number of halogens is 2. The average molecular weight is 269 g/mol. The maximum Gasteiger partial charge on any atom is 0.308 e. The van der Waals surface area contributed by atoms with Crippen LogP contribution in [-0.4, -0.2) is 35.0 Å². The summed E-state index contributed by atoms with van der Waals surface area (Å²) in [5, 5.41) is 8.94. The molecule has 1 atom stereocenters. The number of piperidine rings is 1. The van der Waals surface area contributed by atoms with Crippen molar-refractivity contribution >= 4 is 11.9 Å². The molecule has 1 N–H and O–H groups in total. The number of amides is 1. The van der Waals surface area contributed by atoms with Crippen molar-refractivity contribution in [3.8, 4) is 0 Å². The number of hydrogen-bond donors (Lipinski definition) is 1. The highest BCUT2D eigenvalue weighted by molar-refractivity contribution is 5.94. The topological polar surface area (TPSA) is 57.6 Å². The molecule has 1 amide bonds. The second kappa shape index (κ2) is 5.34. The SMILES string of the molecule is O=C(O)[C@@H]1CCCN(C(=O)c2cc(F)ccc2F)C1. The summed E-state index contributed by atoms with van der Waals surface area (Å²) in [6.07, 6.45) is 1.03. The Morgan fingerprint density at radius 1 is 1.32 bits per heavy atom. The molecule has 19 heavy (non-hydrogen) atoms. The molecule has 1 aliphatic rings. The number of benzene rings is 1. The molecule has 1 aromatic rings. The van der Waals surface area contributed by atoms with Gasteiger partial charge in [0.25, 0.3) is 5.91 Å². The number of carboxylic acids is 1. The number of hydrogen-bond acceptors (Lipinski definition) is 2. The highest BCUT2D eigenvalue weighted by Gasteiger charge is 2.29. The van der Waals surface area contributed by atoms with Crippen LogP contribution in [0.1, 0.15) is 23.2 Å². The smallest absolute Gasteiger partial charge is 0.308 e. The van der Waals surface area contributed by atoms with Crippen LogP contribution >= 0.6 is 0 Å². The van der Waals surface area contributed by atoms with Gasteiger partial charge in [-0.05, 0) is 31.0 Å². The van der Waals surface area contributed by atoms with Crippen molar-refractivity contribution in [2.75, 3.05) is 13.1 Å². The molecule has 1 heterocycles. The average Bonchev–Trinajstić information content (AvgIpc) is 2.41. The van der Waals surface area contributed by atoms with Gasteiger partial charge in [-0.3, -0.25) is 9.59 Å². The van der Waals surface area contributed by atoms with Crippen molar-refractivity contribution < 1.29 is 23.5 Å². The Labute approximate surface area is 108 Å². The molecule has 102 valence electrons. The Morgan fingerprint density at radius 2 is 2.05 bits per heavy atom. The Morgan fingerprint density at radius 3 is 2.74 bits per heavy atom. The van der Waals surface area contributed by atoms with Gasteiger partial charge in [-0.1, -0.05) is 0 Å². The quantitative estimate of drug-likeness (QED) is 0.892. The van der Waals surface area contributed by atoms with E-state index in [0.29, 0.717) is 19.4 Å². The molecule has 0 aliphatic carbocycles.